The summed E-state index contributed by atoms with van der Waals surface area (Å²) in [5.74, 6) is -0.338. The molecule has 0 N–H and O–H groups in total. The quantitative estimate of drug-likeness (QED) is 0.694. The zero-order valence-electron chi connectivity index (χ0n) is 13.0. The Kier molecular flexibility index (Phi) is 3.92. The number of ether oxygens (including phenoxy) is 2. The van der Waals surface area contributed by atoms with Gasteiger partial charge in [-0.2, -0.15) is 0 Å². The lowest BCUT2D eigenvalue weighted by atomic mass is 10.1. The molecule has 0 radical (unpaired) electrons. The maximum absolute atomic E-state index is 12.0. The van der Waals surface area contributed by atoms with Crippen molar-refractivity contribution in [3.05, 3.63) is 71.5 Å². The number of fused-ring (bicyclic) bond motifs is 2. The van der Waals surface area contributed by atoms with E-state index in [9.17, 15) is 4.79 Å². The molecule has 0 bridgehead atoms. The zero-order chi connectivity index (χ0) is 16.4. The van der Waals surface area contributed by atoms with Gasteiger partial charge in [-0.05, 0) is 24.3 Å². The van der Waals surface area contributed by atoms with Crippen LogP contribution in [0.25, 0.3) is 11.0 Å². The minimum absolute atomic E-state index is 0.194. The highest BCUT2D eigenvalue weighted by Gasteiger charge is 2.23. The first-order valence-corrected chi connectivity index (χ1v) is 7.88. The minimum atomic E-state index is -0.338. The van der Waals surface area contributed by atoms with Crippen LogP contribution in [0.1, 0.15) is 21.7 Å². The van der Waals surface area contributed by atoms with Gasteiger partial charge in [0, 0.05) is 6.42 Å². The van der Waals surface area contributed by atoms with Gasteiger partial charge in [0.1, 0.15) is 6.61 Å². The van der Waals surface area contributed by atoms with Crippen molar-refractivity contribution in [2.24, 2.45) is 0 Å². The molecule has 1 aliphatic rings. The van der Waals surface area contributed by atoms with Gasteiger partial charge in [-0.15, -0.1) is 0 Å². The van der Waals surface area contributed by atoms with Gasteiger partial charge < -0.3 is 9.47 Å². The van der Waals surface area contributed by atoms with Crippen LogP contribution in [-0.2, 0) is 22.5 Å². The van der Waals surface area contributed by atoms with E-state index >= 15 is 0 Å². The average molecular weight is 320 g/mol. The molecule has 4 rings (SSSR count). The number of nitrogens with zero attached hydrogens (tertiary/aromatic N) is 2. The number of esters is 1. The summed E-state index contributed by atoms with van der Waals surface area (Å²) >= 11 is 0. The third-order valence-corrected chi connectivity index (χ3v) is 4.01. The molecule has 1 aliphatic heterocycles. The summed E-state index contributed by atoms with van der Waals surface area (Å²) in [7, 11) is 0. The van der Waals surface area contributed by atoms with Gasteiger partial charge in [0.05, 0.1) is 40.7 Å². The first-order chi connectivity index (χ1) is 11.8. The fourth-order valence-corrected chi connectivity index (χ4v) is 2.76. The van der Waals surface area contributed by atoms with E-state index in [1.165, 1.54) is 0 Å². The summed E-state index contributed by atoms with van der Waals surface area (Å²) in [6.07, 6.45) is 0.399. The van der Waals surface area contributed by atoms with Crippen LogP contribution >= 0.6 is 0 Å². The molecule has 3 aromatic rings. The predicted molar refractivity (Wildman–Crippen MR) is 88.5 cm³/mol. The Morgan fingerprint density at radius 1 is 1.00 bits per heavy atom. The molecule has 0 aliphatic carbocycles. The van der Waals surface area contributed by atoms with Crippen molar-refractivity contribution in [3.63, 3.8) is 0 Å². The van der Waals surface area contributed by atoms with E-state index in [1.807, 2.05) is 42.5 Å². The van der Waals surface area contributed by atoms with Gasteiger partial charge >= 0.3 is 5.97 Å². The van der Waals surface area contributed by atoms with E-state index in [-0.39, 0.29) is 18.7 Å². The van der Waals surface area contributed by atoms with Gasteiger partial charge in [0.15, 0.2) is 0 Å². The highest BCUT2D eigenvalue weighted by Crippen LogP contribution is 2.21. The Morgan fingerprint density at radius 3 is 2.42 bits per heavy atom. The van der Waals surface area contributed by atoms with Crippen LogP contribution in [0.5, 0.6) is 0 Å². The smallest absolute Gasteiger partial charge is 0.338 e. The van der Waals surface area contributed by atoms with Gasteiger partial charge in [-0.25, -0.2) is 14.8 Å². The molecule has 0 unspecified atom stereocenters. The number of para-hydroxylation sites is 2. The van der Waals surface area contributed by atoms with E-state index in [4.69, 9.17) is 9.47 Å². The minimum Gasteiger partial charge on any atom is -0.459 e. The normalized spacial score (nSPS) is 16.6. The molecule has 0 amide bonds. The second-order valence-electron chi connectivity index (χ2n) is 5.71. The fraction of sp³-hybridized carbons (Fsp3) is 0.211. The van der Waals surface area contributed by atoms with Crippen LogP contribution in [0.2, 0.25) is 0 Å². The van der Waals surface area contributed by atoms with Crippen molar-refractivity contribution in [2.75, 3.05) is 6.61 Å². The molecule has 0 fully saturated rings. The van der Waals surface area contributed by atoms with Gasteiger partial charge in [-0.3, -0.25) is 0 Å². The van der Waals surface area contributed by atoms with Crippen molar-refractivity contribution >= 4 is 17.0 Å². The van der Waals surface area contributed by atoms with Crippen molar-refractivity contribution in [1.82, 2.24) is 9.97 Å². The standard InChI is InChI=1S/C19H16N2O3/c22-19(13-6-2-1-3-7-13)24-11-14-10-17-18(12-23-14)21-16-9-5-4-8-15(16)20-17/h1-9,14H,10-12H2/t14-/m0/s1. The number of hydrogen-bond donors (Lipinski definition) is 0. The molecule has 0 saturated heterocycles. The van der Waals surface area contributed by atoms with Crippen LogP contribution < -0.4 is 0 Å². The molecule has 5 nitrogen and oxygen atoms in total. The number of rotatable bonds is 3. The Bertz CT molecular complexity index is 880. The molecule has 2 heterocycles. The van der Waals surface area contributed by atoms with Crippen molar-refractivity contribution in [2.45, 2.75) is 19.1 Å². The number of carbonyl (C=O) groups is 1. The number of aromatic nitrogens is 2. The van der Waals surface area contributed by atoms with E-state index < -0.39 is 0 Å². The lowest BCUT2D eigenvalue weighted by Crippen LogP contribution is -2.29. The third kappa shape index (κ3) is 2.98. The van der Waals surface area contributed by atoms with E-state index in [2.05, 4.69) is 9.97 Å². The summed E-state index contributed by atoms with van der Waals surface area (Å²) in [4.78, 5) is 21.3. The molecular weight excluding hydrogens is 304 g/mol. The predicted octanol–water partition coefficient (Wildman–Crippen LogP) is 2.93. The van der Waals surface area contributed by atoms with Crippen molar-refractivity contribution in [3.8, 4) is 0 Å². The Morgan fingerprint density at radius 2 is 1.67 bits per heavy atom. The molecule has 0 saturated carbocycles. The Labute approximate surface area is 139 Å². The molecule has 2 aromatic carbocycles. The van der Waals surface area contributed by atoms with E-state index in [1.54, 1.807) is 12.1 Å². The third-order valence-electron chi connectivity index (χ3n) is 4.01. The van der Waals surface area contributed by atoms with Gasteiger partial charge in [-0.1, -0.05) is 30.3 Å². The maximum Gasteiger partial charge on any atom is 0.338 e. The number of hydrogen-bond acceptors (Lipinski definition) is 5. The van der Waals surface area contributed by atoms with E-state index in [0.717, 1.165) is 22.4 Å². The van der Waals surface area contributed by atoms with Crippen LogP contribution in [-0.4, -0.2) is 28.6 Å². The summed E-state index contributed by atoms with van der Waals surface area (Å²) in [5.41, 5.74) is 4.06. The SMILES string of the molecule is O=C(OC[C@@H]1Cc2nc3ccccc3nc2CO1)c1ccccc1. The molecule has 120 valence electrons. The molecule has 5 heteroatoms. The van der Waals surface area contributed by atoms with Crippen molar-refractivity contribution < 1.29 is 14.3 Å². The first-order valence-electron chi connectivity index (χ1n) is 7.88. The van der Waals surface area contributed by atoms with Crippen LogP contribution in [0, 0.1) is 0 Å². The second kappa shape index (κ2) is 6.37. The topological polar surface area (TPSA) is 61.3 Å². The maximum atomic E-state index is 12.0. The summed E-state index contributed by atoms with van der Waals surface area (Å²) in [6, 6.07) is 16.7. The lowest BCUT2D eigenvalue weighted by molar-refractivity contribution is -0.0243. The largest absolute Gasteiger partial charge is 0.459 e. The highest BCUT2D eigenvalue weighted by atomic mass is 16.6. The Hall–Kier alpha value is -2.79. The number of benzene rings is 2. The molecule has 1 aromatic heterocycles. The van der Waals surface area contributed by atoms with Gasteiger partial charge in [0.25, 0.3) is 0 Å². The van der Waals surface area contributed by atoms with Gasteiger partial charge in [0.2, 0.25) is 0 Å². The van der Waals surface area contributed by atoms with E-state index in [0.29, 0.717) is 18.6 Å². The first kappa shape index (κ1) is 14.8. The molecule has 1 atom stereocenters. The summed E-state index contributed by atoms with van der Waals surface area (Å²) in [6.45, 7) is 0.600. The molecular formula is C19H16N2O3. The second-order valence-corrected chi connectivity index (χ2v) is 5.71. The molecule has 24 heavy (non-hydrogen) atoms. The monoisotopic (exact) mass is 320 g/mol. The lowest BCUT2D eigenvalue weighted by Gasteiger charge is -2.23. The summed E-state index contributed by atoms with van der Waals surface area (Å²) < 4.78 is 11.1. The Balaban J connectivity index is 1.44. The zero-order valence-corrected chi connectivity index (χ0v) is 13.0. The fourth-order valence-electron chi connectivity index (χ4n) is 2.76. The number of carbonyl (C=O) groups excluding carboxylic acids is 1. The summed E-state index contributed by atoms with van der Waals surface area (Å²) in [5, 5.41) is 0. The molecule has 0 spiro atoms. The van der Waals surface area contributed by atoms with Crippen LogP contribution in [0.4, 0.5) is 0 Å². The van der Waals surface area contributed by atoms with Crippen LogP contribution in [0.3, 0.4) is 0 Å². The highest BCUT2D eigenvalue weighted by molar-refractivity contribution is 5.89. The average Bonchev–Trinajstić information content (AvgIpc) is 2.65. The van der Waals surface area contributed by atoms with Crippen LogP contribution in [0.15, 0.2) is 54.6 Å². The van der Waals surface area contributed by atoms with Crippen molar-refractivity contribution in [1.29, 1.82) is 0 Å².